The van der Waals surface area contributed by atoms with Crippen molar-refractivity contribution in [2.24, 2.45) is 0 Å². The normalized spacial score (nSPS) is 10.3. The minimum atomic E-state index is -1.04. The summed E-state index contributed by atoms with van der Waals surface area (Å²) >= 11 is 11.9. The van der Waals surface area contributed by atoms with Crippen LogP contribution in [0, 0.1) is 0 Å². The molecule has 2 aromatic rings. The maximum Gasteiger partial charge on any atom is 0.335 e. The minimum Gasteiger partial charge on any atom is -0.478 e. The number of carboxylic acid groups (broad SMARTS) is 1. The molecule has 20 heavy (non-hydrogen) atoms. The molecule has 104 valence electrons. The number of nitrogens with zero attached hydrogens (tertiary/aromatic N) is 1. The molecule has 0 saturated carbocycles. The molecule has 0 amide bonds. The molecule has 2 rings (SSSR count). The van der Waals surface area contributed by atoms with Crippen LogP contribution in [0.15, 0.2) is 30.3 Å². The summed E-state index contributed by atoms with van der Waals surface area (Å²) in [6, 6.07) is 7.63. The highest BCUT2D eigenvalue weighted by Crippen LogP contribution is 2.31. The van der Waals surface area contributed by atoms with Crippen molar-refractivity contribution >= 4 is 29.2 Å². The van der Waals surface area contributed by atoms with Gasteiger partial charge in [-0.3, -0.25) is 0 Å². The Balaban J connectivity index is 2.39. The summed E-state index contributed by atoms with van der Waals surface area (Å²) in [5, 5.41) is 9.90. The second-order valence-corrected chi connectivity index (χ2v) is 4.86. The second kappa shape index (κ2) is 6.11. The van der Waals surface area contributed by atoms with Crippen molar-refractivity contribution in [1.29, 1.82) is 0 Å². The van der Waals surface area contributed by atoms with Gasteiger partial charge in [0.15, 0.2) is 0 Å². The summed E-state index contributed by atoms with van der Waals surface area (Å²) in [4.78, 5) is 15.3. The highest BCUT2D eigenvalue weighted by atomic mass is 35.5. The smallest absolute Gasteiger partial charge is 0.335 e. The van der Waals surface area contributed by atoms with Gasteiger partial charge in [-0.05, 0) is 24.6 Å². The topological polar surface area (TPSA) is 59.4 Å². The fraction of sp³-hybridized carbons (Fsp3) is 0.143. The number of rotatable bonds is 4. The fourth-order valence-corrected chi connectivity index (χ4v) is 1.90. The third kappa shape index (κ3) is 3.40. The summed E-state index contributed by atoms with van der Waals surface area (Å²) < 4.78 is 5.53. The van der Waals surface area contributed by atoms with E-state index in [0.29, 0.717) is 27.9 Å². The Labute approximate surface area is 125 Å². The van der Waals surface area contributed by atoms with Crippen LogP contribution >= 0.6 is 23.2 Å². The van der Waals surface area contributed by atoms with Gasteiger partial charge >= 0.3 is 5.97 Å². The third-order valence-corrected chi connectivity index (χ3v) is 3.12. The van der Waals surface area contributed by atoms with Gasteiger partial charge in [-0.1, -0.05) is 30.1 Å². The largest absolute Gasteiger partial charge is 0.478 e. The molecule has 0 atom stereocenters. The van der Waals surface area contributed by atoms with Crippen LogP contribution in [0.25, 0.3) is 0 Å². The first-order valence-corrected chi connectivity index (χ1v) is 6.62. The van der Waals surface area contributed by atoms with Crippen molar-refractivity contribution in [2.75, 3.05) is 0 Å². The summed E-state index contributed by atoms with van der Waals surface area (Å²) in [5.74, 6) is -0.536. The molecule has 1 aromatic carbocycles. The summed E-state index contributed by atoms with van der Waals surface area (Å²) in [6.07, 6.45) is 0.598. The van der Waals surface area contributed by atoms with Gasteiger partial charge in [0.1, 0.15) is 5.75 Å². The molecular weight excluding hydrogens is 301 g/mol. The Kier molecular flexibility index (Phi) is 4.47. The lowest BCUT2D eigenvalue weighted by molar-refractivity contribution is 0.0696. The molecule has 0 aliphatic rings. The first-order chi connectivity index (χ1) is 9.49. The average Bonchev–Trinajstić information content (AvgIpc) is 2.42. The standard InChI is InChI=1S/C14H11Cl2NO3/c1-2-10-5-8(14(18)19)6-13(17-10)20-12-7-9(15)3-4-11(12)16/h3-7H,2H2,1H3,(H,18,19). The van der Waals surface area contributed by atoms with E-state index in [1.807, 2.05) is 6.92 Å². The van der Waals surface area contributed by atoms with Crippen molar-refractivity contribution in [1.82, 2.24) is 4.98 Å². The molecule has 0 saturated heterocycles. The van der Waals surface area contributed by atoms with Crippen LogP contribution in [0.4, 0.5) is 0 Å². The number of hydrogen-bond acceptors (Lipinski definition) is 3. The summed E-state index contributed by atoms with van der Waals surface area (Å²) in [6.45, 7) is 1.88. The van der Waals surface area contributed by atoms with E-state index in [2.05, 4.69) is 4.98 Å². The molecule has 0 bridgehead atoms. The molecule has 6 heteroatoms. The molecule has 0 unspecified atom stereocenters. The number of aryl methyl sites for hydroxylation is 1. The monoisotopic (exact) mass is 311 g/mol. The Morgan fingerprint density at radius 3 is 2.70 bits per heavy atom. The lowest BCUT2D eigenvalue weighted by atomic mass is 10.2. The molecule has 1 N–H and O–H groups in total. The van der Waals surface area contributed by atoms with E-state index < -0.39 is 5.97 Å². The molecule has 0 fully saturated rings. The average molecular weight is 312 g/mol. The molecule has 0 aliphatic heterocycles. The number of carboxylic acids is 1. The number of benzene rings is 1. The Morgan fingerprint density at radius 2 is 2.05 bits per heavy atom. The molecule has 1 heterocycles. The summed E-state index contributed by atoms with van der Waals surface area (Å²) in [5.41, 5.74) is 0.739. The molecule has 0 spiro atoms. The van der Waals surface area contributed by atoms with Crippen LogP contribution in [0.1, 0.15) is 23.0 Å². The van der Waals surface area contributed by atoms with Crippen LogP contribution in [-0.2, 0) is 6.42 Å². The first kappa shape index (κ1) is 14.6. The lowest BCUT2D eigenvalue weighted by Crippen LogP contribution is -2.01. The van der Waals surface area contributed by atoms with Gasteiger partial charge in [0.2, 0.25) is 5.88 Å². The van der Waals surface area contributed by atoms with Gasteiger partial charge < -0.3 is 9.84 Å². The SMILES string of the molecule is CCc1cc(C(=O)O)cc(Oc2cc(Cl)ccc2Cl)n1. The van der Waals surface area contributed by atoms with E-state index in [9.17, 15) is 4.79 Å². The van der Waals surface area contributed by atoms with Crippen LogP contribution in [0.5, 0.6) is 11.6 Å². The first-order valence-electron chi connectivity index (χ1n) is 5.86. The van der Waals surface area contributed by atoms with E-state index in [1.165, 1.54) is 12.1 Å². The Bertz CT molecular complexity index is 659. The maximum atomic E-state index is 11.1. The van der Waals surface area contributed by atoms with Crippen LogP contribution < -0.4 is 4.74 Å². The van der Waals surface area contributed by atoms with Crippen LogP contribution in [0.2, 0.25) is 10.0 Å². The van der Waals surface area contributed by atoms with Gasteiger partial charge in [-0.25, -0.2) is 9.78 Å². The zero-order valence-electron chi connectivity index (χ0n) is 10.6. The van der Waals surface area contributed by atoms with Crippen molar-refractivity contribution in [3.05, 3.63) is 51.6 Å². The van der Waals surface area contributed by atoms with Gasteiger partial charge in [-0.2, -0.15) is 0 Å². The minimum absolute atomic E-state index is 0.116. The predicted molar refractivity (Wildman–Crippen MR) is 77.1 cm³/mol. The Hall–Kier alpha value is -1.78. The molecule has 0 radical (unpaired) electrons. The van der Waals surface area contributed by atoms with Crippen molar-refractivity contribution in [2.45, 2.75) is 13.3 Å². The fourth-order valence-electron chi connectivity index (χ4n) is 1.59. The number of carbonyl (C=O) groups is 1. The maximum absolute atomic E-state index is 11.1. The van der Waals surface area contributed by atoms with Crippen LogP contribution in [0.3, 0.4) is 0 Å². The van der Waals surface area contributed by atoms with E-state index in [-0.39, 0.29) is 11.4 Å². The number of halogens is 2. The molecule has 1 aromatic heterocycles. The van der Waals surface area contributed by atoms with Crippen molar-refractivity contribution < 1.29 is 14.6 Å². The second-order valence-electron chi connectivity index (χ2n) is 4.02. The lowest BCUT2D eigenvalue weighted by Gasteiger charge is -2.09. The highest BCUT2D eigenvalue weighted by Gasteiger charge is 2.11. The van der Waals surface area contributed by atoms with E-state index in [4.69, 9.17) is 33.0 Å². The highest BCUT2D eigenvalue weighted by molar-refractivity contribution is 6.34. The number of aromatic carboxylic acids is 1. The summed E-state index contributed by atoms with van der Waals surface area (Å²) in [7, 11) is 0. The van der Waals surface area contributed by atoms with Gasteiger partial charge in [-0.15, -0.1) is 0 Å². The zero-order chi connectivity index (χ0) is 14.7. The predicted octanol–water partition coefficient (Wildman–Crippen LogP) is 4.44. The van der Waals surface area contributed by atoms with Crippen LogP contribution in [-0.4, -0.2) is 16.1 Å². The molecule has 0 aliphatic carbocycles. The van der Waals surface area contributed by atoms with E-state index in [1.54, 1.807) is 18.2 Å². The van der Waals surface area contributed by atoms with E-state index in [0.717, 1.165) is 0 Å². The number of hydrogen-bond donors (Lipinski definition) is 1. The Morgan fingerprint density at radius 1 is 1.30 bits per heavy atom. The van der Waals surface area contributed by atoms with Gasteiger partial charge in [0.25, 0.3) is 0 Å². The zero-order valence-corrected chi connectivity index (χ0v) is 12.1. The van der Waals surface area contributed by atoms with Crippen molar-refractivity contribution in [3.63, 3.8) is 0 Å². The van der Waals surface area contributed by atoms with E-state index >= 15 is 0 Å². The molecule has 4 nitrogen and oxygen atoms in total. The number of ether oxygens (including phenoxy) is 1. The quantitative estimate of drug-likeness (QED) is 0.906. The number of pyridine rings is 1. The van der Waals surface area contributed by atoms with Gasteiger partial charge in [0, 0.05) is 22.8 Å². The van der Waals surface area contributed by atoms with Crippen molar-refractivity contribution in [3.8, 4) is 11.6 Å². The molecular formula is C14H11Cl2NO3. The van der Waals surface area contributed by atoms with Gasteiger partial charge in [0.05, 0.1) is 10.6 Å². The number of aromatic nitrogens is 1. The third-order valence-electron chi connectivity index (χ3n) is 2.57.